The Balaban J connectivity index is 1.96. The number of anilines is 2. The summed E-state index contributed by atoms with van der Waals surface area (Å²) in [6.07, 6.45) is 1.63. The van der Waals surface area contributed by atoms with Gasteiger partial charge < -0.3 is 15.7 Å². The molecular formula is C15H15N3O3. The first-order chi connectivity index (χ1) is 10.0. The molecule has 108 valence electrons. The van der Waals surface area contributed by atoms with E-state index in [1.165, 1.54) is 19.2 Å². The highest BCUT2D eigenvalue weighted by atomic mass is 16.3. The van der Waals surface area contributed by atoms with Gasteiger partial charge in [-0.05, 0) is 29.8 Å². The summed E-state index contributed by atoms with van der Waals surface area (Å²) in [4.78, 5) is 26.6. The van der Waals surface area contributed by atoms with E-state index in [4.69, 9.17) is 0 Å². The first kappa shape index (κ1) is 14.5. The minimum atomic E-state index is -0.281. The van der Waals surface area contributed by atoms with Gasteiger partial charge in [0.15, 0.2) is 11.6 Å². The number of carbonyl (C=O) groups excluding carboxylic acids is 2. The number of nitrogens with zero attached hydrogens (tertiary/aromatic N) is 1. The van der Waals surface area contributed by atoms with Gasteiger partial charge in [0.25, 0.3) is 0 Å². The maximum atomic E-state index is 11.9. The van der Waals surface area contributed by atoms with Gasteiger partial charge in [0, 0.05) is 18.8 Å². The fraction of sp³-hybridized carbons (Fsp3) is 0.133. The van der Waals surface area contributed by atoms with Crippen LogP contribution in [0.4, 0.5) is 11.5 Å². The Morgan fingerprint density at radius 2 is 1.86 bits per heavy atom. The monoisotopic (exact) mass is 285 g/mol. The standard InChI is InChI=1S/C15H15N3O3/c1-10(19)17-12-6-4-11(5-7-12)9-14(21)18-15-13(20)3-2-8-16-15/h2-8,20H,9H2,1H3,(H,17,19)(H,16,18,21). The topological polar surface area (TPSA) is 91.3 Å². The van der Waals surface area contributed by atoms with Gasteiger partial charge in [-0.2, -0.15) is 0 Å². The van der Waals surface area contributed by atoms with Gasteiger partial charge in [0.2, 0.25) is 11.8 Å². The lowest BCUT2D eigenvalue weighted by molar-refractivity contribution is -0.116. The Labute approximate surface area is 121 Å². The van der Waals surface area contributed by atoms with Crippen molar-refractivity contribution >= 4 is 23.3 Å². The average molecular weight is 285 g/mol. The van der Waals surface area contributed by atoms with Crippen LogP contribution in [0.15, 0.2) is 42.6 Å². The van der Waals surface area contributed by atoms with Crippen LogP contribution in [0.1, 0.15) is 12.5 Å². The number of carbonyl (C=O) groups is 2. The number of nitrogens with one attached hydrogen (secondary N) is 2. The van der Waals surface area contributed by atoms with Crippen molar-refractivity contribution in [1.82, 2.24) is 4.98 Å². The van der Waals surface area contributed by atoms with Gasteiger partial charge in [-0.15, -0.1) is 0 Å². The number of hydrogen-bond acceptors (Lipinski definition) is 4. The molecule has 0 atom stereocenters. The molecule has 0 aliphatic rings. The predicted molar refractivity (Wildman–Crippen MR) is 79.0 cm³/mol. The SMILES string of the molecule is CC(=O)Nc1ccc(CC(=O)Nc2ncccc2O)cc1. The summed E-state index contributed by atoms with van der Waals surface area (Å²) < 4.78 is 0. The van der Waals surface area contributed by atoms with Crippen LogP contribution in [0.25, 0.3) is 0 Å². The minimum absolute atomic E-state index is 0.0770. The van der Waals surface area contributed by atoms with Gasteiger partial charge in [0.1, 0.15) is 0 Å². The summed E-state index contributed by atoms with van der Waals surface area (Å²) in [5, 5.41) is 14.7. The molecule has 2 amide bonds. The second-order valence-corrected chi connectivity index (χ2v) is 4.47. The van der Waals surface area contributed by atoms with Crippen molar-refractivity contribution in [2.45, 2.75) is 13.3 Å². The Morgan fingerprint density at radius 1 is 1.14 bits per heavy atom. The number of benzene rings is 1. The van der Waals surface area contributed by atoms with E-state index in [1.54, 1.807) is 30.3 Å². The largest absolute Gasteiger partial charge is 0.504 e. The third kappa shape index (κ3) is 4.31. The molecule has 0 spiro atoms. The van der Waals surface area contributed by atoms with Crippen LogP contribution in [0.5, 0.6) is 5.75 Å². The number of amides is 2. The van der Waals surface area contributed by atoms with Gasteiger partial charge in [-0.1, -0.05) is 12.1 Å². The third-order valence-corrected chi connectivity index (χ3v) is 2.68. The summed E-state index contributed by atoms with van der Waals surface area (Å²) in [5.74, 6) is -0.369. The molecule has 0 fully saturated rings. The van der Waals surface area contributed by atoms with E-state index in [0.717, 1.165) is 5.56 Å². The Morgan fingerprint density at radius 3 is 2.48 bits per heavy atom. The molecule has 0 bridgehead atoms. The number of hydrogen-bond donors (Lipinski definition) is 3. The molecular weight excluding hydrogens is 270 g/mol. The second kappa shape index (κ2) is 6.51. The summed E-state index contributed by atoms with van der Waals surface area (Å²) in [6, 6.07) is 9.98. The van der Waals surface area contributed by atoms with Crippen molar-refractivity contribution in [3.8, 4) is 5.75 Å². The molecule has 0 aliphatic carbocycles. The van der Waals surface area contributed by atoms with E-state index in [1.807, 2.05) is 0 Å². The summed E-state index contributed by atoms with van der Waals surface area (Å²) in [7, 11) is 0. The number of rotatable bonds is 4. The maximum absolute atomic E-state index is 11.9. The lowest BCUT2D eigenvalue weighted by Crippen LogP contribution is -2.15. The highest BCUT2D eigenvalue weighted by Gasteiger charge is 2.08. The van der Waals surface area contributed by atoms with Crippen LogP contribution >= 0.6 is 0 Å². The van der Waals surface area contributed by atoms with Gasteiger partial charge >= 0.3 is 0 Å². The lowest BCUT2D eigenvalue weighted by Gasteiger charge is -2.07. The molecule has 2 rings (SSSR count). The molecule has 3 N–H and O–H groups in total. The van der Waals surface area contributed by atoms with Crippen molar-refractivity contribution in [1.29, 1.82) is 0 Å². The maximum Gasteiger partial charge on any atom is 0.230 e. The smallest absolute Gasteiger partial charge is 0.230 e. The minimum Gasteiger partial charge on any atom is -0.504 e. The Kier molecular flexibility index (Phi) is 4.50. The molecule has 1 heterocycles. The number of aromatic hydroxyl groups is 1. The van der Waals surface area contributed by atoms with Crippen LogP contribution in [-0.4, -0.2) is 21.9 Å². The molecule has 0 radical (unpaired) electrons. The second-order valence-electron chi connectivity index (χ2n) is 4.47. The van der Waals surface area contributed by atoms with Gasteiger partial charge in [0.05, 0.1) is 6.42 Å². The fourth-order valence-corrected chi connectivity index (χ4v) is 1.76. The van der Waals surface area contributed by atoms with Crippen molar-refractivity contribution in [3.05, 3.63) is 48.2 Å². The molecule has 0 saturated carbocycles. The van der Waals surface area contributed by atoms with Crippen LogP contribution in [-0.2, 0) is 16.0 Å². The summed E-state index contributed by atoms with van der Waals surface area (Å²) in [5.41, 5.74) is 1.46. The average Bonchev–Trinajstić information content (AvgIpc) is 2.43. The molecule has 2 aromatic rings. The Bertz CT molecular complexity index is 653. The van der Waals surface area contributed by atoms with E-state index in [0.29, 0.717) is 5.69 Å². The van der Waals surface area contributed by atoms with Crippen molar-refractivity contribution in [2.75, 3.05) is 10.6 Å². The van der Waals surface area contributed by atoms with E-state index in [9.17, 15) is 14.7 Å². The normalized spacial score (nSPS) is 9.95. The first-order valence-corrected chi connectivity index (χ1v) is 6.35. The quantitative estimate of drug-likeness (QED) is 0.800. The molecule has 1 aromatic heterocycles. The van der Waals surface area contributed by atoms with Crippen LogP contribution in [0, 0.1) is 0 Å². The van der Waals surface area contributed by atoms with Crippen molar-refractivity contribution in [3.63, 3.8) is 0 Å². The number of pyridine rings is 1. The van der Waals surface area contributed by atoms with E-state index < -0.39 is 0 Å². The zero-order valence-corrected chi connectivity index (χ0v) is 11.5. The first-order valence-electron chi connectivity index (χ1n) is 6.35. The van der Waals surface area contributed by atoms with Crippen LogP contribution in [0.3, 0.4) is 0 Å². The fourth-order valence-electron chi connectivity index (χ4n) is 1.76. The van der Waals surface area contributed by atoms with E-state index >= 15 is 0 Å². The molecule has 0 unspecified atom stereocenters. The zero-order chi connectivity index (χ0) is 15.2. The lowest BCUT2D eigenvalue weighted by atomic mass is 10.1. The molecule has 6 nitrogen and oxygen atoms in total. The van der Waals surface area contributed by atoms with Crippen molar-refractivity contribution < 1.29 is 14.7 Å². The molecule has 0 aliphatic heterocycles. The zero-order valence-electron chi connectivity index (χ0n) is 11.5. The summed E-state index contributed by atoms with van der Waals surface area (Å²) >= 11 is 0. The number of aromatic nitrogens is 1. The Hall–Kier alpha value is -2.89. The van der Waals surface area contributed by atoms with E-state index in [-0.39, 0.29) is 29.8 Å². The molecule has 21 heavy (non-hydrogen) atoms. The molecule has 0 saturated heterocycles. The summed E-state index contributed by atoms with van der Waals surface area (Å²) in [6.45, 7) is 1.43. The predicted octanol–water partition coefficient (Wildman–Crippen LogP) is 1.93. The molecule has 1 aromatic carbocycles. The van der Waals surface area contributed by atoms with Crippen LogP contribution in [0.2, 0.25) is 0 Å². The van der Waals surface area contributed by atoms with Crippen molar-refractivity contribution in [2.24, 2.45) is 0 Å². The third-order valence-electron chi connectivity index (χ3n) is 2.68. The van der Waals surface area contributed by atoms with Crippen LogP contribution < -0.4 is 10.6 Å². The van der Waals surface area contributed by atoms with E-state index in [2.05, 4.69) is 15.6 Å². The van der Waals surface area contributed by atoms with Gasteiger partial charge in [-0.25, -0.2) is 4.98 Å². The molecule has 6 heteroatoms. The highest BCUT2D eigenvalue weighted by Crippen LogP contribution is 2.18. The van der Waals surface area contributed by atoms with Gasteiger partial charge in [-0.3, -0.25) is 9.59 Å². The highest BCUT2D eigenvalue weighted by molar-refractivity contribution is 5.92.